The summed E-state index contributed by atoms with van der Waals surface area (Å²) in [4.78, 5) is 5.12. The van der Waals surface area contributed by atoms with E-state index in [-0.39, 0.29) is 0 Å². The minimum atomic E-state index is 0.427. The zero-order valence-corrected chi connectivity index (χ0v) is 17.7. The largest absolute Gasteiger partial charge is 0.338 e. The topological polar surface area (TPSA) is 15.3 Å². The molecule has 28 heavy (non-hydrogen) atoms. The van der Waals surface area contributed by atoms with Crippen LogP contribution in [0.3, 0.4) is 0 Å². The van der Waals surface area contributed by atoms with Crippen LogP contribution in [0.15, 0.2) is 52.3 Å². The fourth-order valence-corrected chi connectivity index (χ4v) is 8.05. The highest BCUT2D eigenvalue weighted by atomic mass is 35.5. The zero-order valence-electron chi connectivity index (χ0n) is 16.2. The smallest absolute Gasteiger partial charge is 0.0568 e. The summed E-state index contributed by atoms with van der Waals surface area (Å²) >= 11 is 8.22. The molecule has 0 saturated heterocycles. The molecule has 4 fully saturated rings. The fraction of sp³-hybridized carbons (Fsp3) is 0.500. The molecule has 0 spiro atoms. The maximum absolute atomic E-state index is 6.36. The molecule has 5 aliphatic rings. The fourth-order valence-electron chi connectivity index (χ4n) is 6.80. The predicted octanol–water partition coefficient (Wildman–Crippen LogP) is 6.50. The van der Waals surface area contributed by atoms with Gasteiger partial charge < -0.3 is 10.2 Å². The van der Waals surface area contributed by atoms with Crippen LogP contribution in [0, 0.1) is 17.8 Å². The summed E-state index contributed by atoms with van der Waals surface area (Å²) in [5.74, 6) is 2.97. The molecule has 7 rings (SSSR count). The quantitative estimate of drug-likeness (QED) is 0.619. The molecule has 4 bridgehead atoms. The van der Waals surface area contributed by atoms with Crippen molar-refractivity contribution in [2.45, 2.75) is 53.9 Å². The molecular weight excluding hydrogens is 384 g/mol. The number of nitrogens with zero attached hydrogens (tertiary/aromatic N) is 1. The van der Waals surface area contributed by atoms with E-state index < -0.39 is 0 Å². The van der Waals surface area contributed by atoms with Crippen molar-refractivity contribution in [3.63, 3.8) is 0 Å². The van der Waals surface area contributed by atoms with Gasteiger partial charge in [-0.15, -0.1) is 0 Å². The number of hydrogen-bond acceptors (Lipinski definition) is 3. The molecule has 1 heterocycles. The number of anilines is 2. The van der Waals surface area contributed by atoms with E-state index in [1.165, 1.54) is 59.7 Å². The molecule has 0 atom stereocenters. The Labute approximate surface area is 177 Å². The van der Waals surface area contributed by atoms with Crippen LogP contribution in [0.2, 0.25) is 5.02 Å². The Kier molecular flexibility index (Phi) is 4.22. The Balaban J connectivity index is 1.24. The number of para-hydroxylation sites is 1. The lowest BCUT2D eigenvalue weighted by Gasteiger charge is -2.57. The Morgan fingerprint density at radius 3 is 2.36 bits per heavy atom. The van der Waals surface area contributed by atoms with Gasteiger partial charge >= 0.3 is 0 Å². The van der Waals surface area contributed by atoms with Gasteiger partial charge in [0.2, 0.25) is 0 Å². The lowest BCUT2D eigenvalue weighted by molar-refractivity contribution is -0.0190. The first kappa shape index (κ1) is 17.7. The zero-order chi connectivity index (χ0) is 18.7. The van der Waals surface area contributed by atoms with Crippen molar-refractivity contribution in [3.8, 4) is 0 Å². The van der Waals surface area contributed by atoms with Crippen molar-refractivity contribution >= 4 is 34.7 Å². The van der Waals surface area contributed by atoms with Crippen LogP contribution in [0.4, 0.5) is 11.4 Å². The van der Waals surface area contributed by atoms with E-state index in [0.717, 1.165) is 35.9 Å². The van der Waals surface area contributed by atoms with Crippen LogP contribution in [0.5, 0.6) is 0 Å². The summed E-state index contributed by atoms with van der Waals surface area (Å²) < 4.78 is 0. The number of benzene rings is 2. The Hall–Kier alpha value is -1.16. The van der Waals surface area contributed by atoms with Crippen LogP contribution < -0.4 is 10.2 Å². The molecule has 2 aromatic rings. The number of rotatable bonds is 4. The first-order chi connectivity index (χ1) is 13.7. The molecule has 4 aliphatic carbocycles. The van der Waals surface area contributed by atoms with E-state index in [9.17, 15) is 0 Å². The van der Waals surface area contributed by atoms with E-state index in [4.69, 9.17) is 11.6 Å². The van der Waals surface area contributed by atoms with Gasteiger partial charge in [0.05, 0.1) is 11.4 Å². The van der Waals surface area contributed by atoms with E-state index in [2.05, 4.69) is 46.6 Å². The van der Waals surface area contributed by atoms with Gasteiger partial charge in [-0.1, -0.05) is 35.5 Å². The molecular formula is C24H27ClN2S. The van der Waals surface area contributed by atoms with Crippen molar-refractivity contribution in [1.82, 2.24) is 5.32 Å². The second-order valence-corrected chi connectivity index (χ2v) is 11.0. The summed E-state index contributed by atoms with van der Waals surface area (Å²) in [6.45, 7) is 2.03. The first-order valence-electron chi connectivity index (χ1n) is 10.8. The average Bonchev–Trinajstić information content (AvgIpc) is 2.67. The number of nitrogens with one attached hydrogen (secondary N) is 1. The van der Waals surface area contributed by atoms with Crippen LogP contribution in [0.1, 0.15) is 38.5 Å². The minimum absolute atomic E-state index is 0.427. The molecule has 0 radical (unpaired) electrons. The SMILES string of the molecule is Clc1ccc2c(c1)N(CCNC13CC4CC(CC(C4)C1)C3)c1ccccc1S2. The summed E-state index contributed by atoms with van der Waals surface area (Å²) in [6, 6.07) is 15.1. The van der Waals surface area contributed by atoms with Gasteiger partial charge in [-0.05, 0) is 86.6 Å². The Morgan fingerprint density at radius 1 is 0.929 bits per heavy atom. The summed E-state index contributed by atoms with van der Waals surface area (Å²) in [5, 5.41) is 4.89. The molecule has 4 heteroatoms. The van der Waals surface area contributed by atoms with Gasteiger partial charge in [-0.3, -0.25) is 0 Å². The summed E-state index contributed by atoms with van der Waals surface area (Å²) in [6.07, 6.45) is 8.74. The molecule has 0 amide bonds. The van der Waals surface area contributed by atoms with E-state index >= 15 is 0 Å². The second kappa shape index (κ2) is 6.68. The highest BCUT2D eigenvalue weighted by Gasteiger charge is 2.50. The third-order valence-electron chi connectivity index (χ3n) is 7.46. The van der Waals surface area contributed by atoms with Crippen LogP contribution >= 0.6 is 23.4 Å². The Bertz CT molecular complexity index is 876. The summed E-state index contributed by atoms with van der Waals surface area (Å²) in [7, 11) is 0. The molecule has 1 N–H and O–H groups in total. The normalized spacial score (nSPS) is 32.3. The highest BCUT2D eigenvalue weighted by molar-refractivity contribution is 7.99. The molecule has 0 unspecified atom stereocenters. The maximum atomic E-state index is 6.36. The second-order valence-electron chi connectivity index (χ2n) is 9.46. The van der Waals surface area contributed by atoms with E-state index in [1.807, 2.05) is 17.8 Å². The van der Waals surface area contributed by atoms with E-state index in [0.29, 0.717) is 5.54 Å². The average molecular weight is 411 g/mol. The van der Waals surface area contributed by atoms with E-state index in [1.54, 1.807) is 0 Å². The predicted molar refractivity (Wildman–Crippen MR) is 118 cm³/mol. The van der Waals surface area contributed by atoms with Gasteiger partial charge in [0.25, 0.3) is 0 Å². The maximum Gasteiger partial charge on any atom is 0.0568 e. The third-order valence-corrected chi connectivity index (χ3v) is 8.83. The summed E-state index contributed by atoms with van der Waals surface area (Å²) in [5.41, 5.74) is 2.99. The van der Waals surface area contributed by atoms with Crippen LogP contribution in [0.25, 0.3) is 0 Å². The third kappa shape index (κ3) is 2.98. The van der Waals surface area contributed by atoms with Crippen molar-refractivity contribution in [2.75, 3.05) is 18.0 Å². The van der Waals surface area contributed by atoms with Crippen molar-refractivity contribution in [2.24, 2.45) is 17.8 Å². The first-order valence-corrected chi connectivity index (χ1v) is 12.0. The van der Waals surface area contributed by atoms with Gasteiger partial charge in [-0.25, -0.2) is 0 Å². The van der Waals surface area contributed by atoms with Crippen LogP contribution in [-0.2, 0) is 0 Å². The molecule has 0 aromatic heterocycles. The molecule has 2 nitrogen and oxygen atoms in total. The highest BCUT2D eigenvalue weighted by Crippen LogP contribution is 2.55. The molecule has 1 aliphatic heterocycles. The number of halogens is 1. The van der Waals surface area contributed by atoms with Gasteiger partial charge in [0.1, 0.15) is 0 Å². The van der Waals surface area contributed by atoms with Gasteiger partial charge in [-0.2, -0.15) is 0 Å². The van der Waals surface area contributed by atoms with Crippen molar-refractivity contribution < 1.29 is 0 Å². The minimum Gasteiger partial charge on any atom is -0.338 e. The molecule has 146 valence electrons. The Morgan fingerprint density at radius 2 is 1.61 bits per heavy atom. The number of hydrogen-bond donors (Lipinski definition) is 1. The standard InChI is InChI=1S/C24H27ClN2S/c25-19-5-6-23-21(12-19)27(20-3-1-2-4-22(20)28-23)8-7-26-24-13-16-9-17(14-24)11-18(10-16)15-24/h1-6,12,16-18,26H,7-11,13-15H2. The monoisotopic (exact) mass is 410 g/mol. The lowest BCUT2D eigenvalue weighted by atomic mass is 9.53. The van der Waals surface area contributed by atoms with Gasteiger partial charge in [0, 0.05) is 33.4 Å². The van der Waals surface area contributed by atoms with Crippen molar-refractivity contribution in [1.29, 1.82) is 0 Å². The molecule has 4 saturated carbocycles. The lowest BCUT2D eigenvalue weighted by Crippen LogP contribution is -2.59. The van der Waals surface area contributed by atoms with Crippen LogP contribution in [-0.4, -0.2) is 18.6 Å². The van der Waals surface area contributed by atoms with Gasteiger partial charge in [0.15, 0.2) is 0 Å². The number of fused-ring (bicyclic) bond motifs is 2. The van der Waals surface area contributed by atoms with Crippen molar-refractivity contribution in [3.05, 3.63) is 47.5 Å². The molecule has 2 aromatic carbocycles.